The van der Waals surface area contributed by atoms with E-state index in [4.69, 9.17) is 5.11 Å². The van der Waals surface area contributed by atoms with Crippen molar-refractivity contribution < 1.29 is 23.1 Å². The van der Waals surface area contributed by atoms with E-state index in [1.807, 2.05) is 0 Å². The van der Waals surface area contributed by atoms with E-state index in [2.05, 4.69) is 0 Å². The molecule has 0 saturated carbocycles. The van der Waals surface area contributed by atoms with Gasteiger partial charge in [0.05, 0.1) is 0 Å². The van der Waals surface area contributed by atoms with Crippen molar-refractivity contribution in [3.05, 3.63) is 12.3 Å². The van der Waals surface area contributed by atoms with Crippen LogP contribution in [0.25, 0.3) is 0 Å². The lowest BCUT2D eigenvalue weighted by Crippen LogP contribution is -2.46. The van der Waals surface area contributed by atoms with Gasteiger partial charge in [0, 0.05) is 13.6 Å². The molecule has 74 valence electrons. The van der Waals surface area contributed by atoms with Crippen LogP contribution in [0, 0.1) is 5.41 Å². The lowest BCUT2D eigenvalue weighted by molar-refractivity contribution is -0.216. The number of carbonyl (C=O) groups is 1. The number of aliphatic carboxylic acids is 1. The number of rotatable bonds is 1. The Bertz CT molecular complexity index is 261. The normalized spacial score (nSPS) is 28.2. The highest BCUT2D eigenvalue weighted by Gasteiger charge is 2.61. The van der Waals surface area contributed by atoms with Gasteiger partial charge in [0.2, 0.25) is 0 Å². The molecule has 1 rings (SSSR count). The molecule has 1 atom stereocenters. The van der Waals surface area contributed by atoms with E-state index in [0.717, 1.165) is 6.20 Å². The summed E-state index contributed by atoms with van der Waals surface area (Å²) in [6.45, 7) is -0.564. The van der Waals surface area contributed by atoms with Crippen LogP contribution in [0.3, 0.4) is 0 Å². The zero-order chi connectivity index (χ0) is 10.3. The predicted molar refractivity (Wildman–Crippen MR) is 37.9 cm³/mol. The number of carboxylic acids is 1. The van der Waals surface area contributed by atoms with Gasteiger partial charge >= 0.3 is 12.1 Å². The van der Waals surface area contributed by atoms with Gasteiger partial charge in [-0.2, -0.15) is 13.2 Å². The van der Waals surface area contributed by atoms with Gasteiger partial charge in [0.15, 0.2) is 5.41 Å². The van der Waals surface area contributed by atoms with Crippen molar-refractivity contribution >= 4 is 5.97 Å². The van der Waals surface area contributed by atoms with Crippen LogP contribution in [-0.2, 0) is 4.79 Å². The van der Waals surface area contributed by atoms with E-state index in [-0.39, 0.29) is 0 Å². The summed E-state index contributed by atoms with van der Waals surface area (Å²) in [6.07, 6.45) is -2.95. The molecule has 1 N–H and O–H groups in total. The number of hydrogen-bond acceptors (Lipinski definition) is 2. The monoisotopic (exact) mass is 195 g/mol. The Hall–Kier alpha value is -1.20. The van der Waals surface area contributed by atoms with Crippen molar-refractivity contribution in [2.45, 2.75) is 6.18 Å². The molecule has 0 aromatic rings. The quantitative estimate of drug-likeness (QED) is 0.680. The molecule has 0 aliphatic carbocycles. The third-order valence-corrected chi connectivity index (χ3v) is 2.00. The number of hydrogen-bond donors (Lipinski definition) is 1. The van der Waals surface area contributed by atoms with Gasteiger partial charge in [-0.05, 0) is 12.3 Å². The van der Waals surface area contributed by atoms with Crippen LogP contribution in [0.2, 0.25) is 0 Å². The highest BCUT2D eigenvalue weighted by molar-refractivity contribution is 5.79. The van der Waals surface area contributed by atoms with Crippen molar-refractivity contribution in [2.24, 2.45) is 5.41 Å². The molecule has 13 heavy (non-hydrogen) atoms. The molecule has 0 spiro atoms. The lowest BCUT2D eigenvalue weighted by Gasteiger charge is -2.26. The standard InChI is InChI=1S/C7H8F3NO2/c1-11-3-2-6(4-11,5(12)13)7(8,9)10/h2-3H,4H2,1H3,(H,12,13). The highest BCUT2D eigenvalue weighted by atomic mass is 19.4. The van der Waals surface area contributed by atoms with E-state index in [9.17, 15) is 18.0 Å². The highest BCUT2D eigenvalue weighted by Crippen LogP contribution is 2.43. The van der Waals surface area contributed by atoms with Crippen LogP contribution in [0.5, 0.6) is 0 Å². The van der Waals surface area contributed by atoms with Gasteiger partial charge in [-0.15, -0.1) is 0 Å². The van der Waals surface area contributed by atoms with E-state index in [0.29, 0.717) is 6.08 Å². The van der Waals surface area contributed by atoms with Gasteiger partial charge in [-0.1, -0.05) is 0 Å². The predicted octanol–water partition coefficient (Wildman–Crippen LogP) is 1.08. The van der Waals surface area contributed by atoms with Gasteiger partial charge in [0.1, 0.15) is 0 Å². The van der Waals surface area contributed by atoms with Gasteiger partial charge in [-0.3, -0.25) is 4.79 Å². The third-order valence-electron chi connectivity index (χ3n) is 2.00. The van der Waals surface area contributed by atoms with Crippen LogP contribution in [0.4, 0.5) is 13.2 Å². The van der Waals surface area contributed by atoms with Crippen LogP contribution >= 0.6 is 0 Å². The summed E-state index contributed by atoms with van der Waals surface area (Å²) in [4.78, 5) is 11.7. The Kier molecular flexibility index (Phi) is 2.01. The summed E-state index contributed by atoms with van der Waals surface area (Å²) in [6, 6.07) is 0. The fourth-order valence-corrected chi connectivity index (χ4v) is 1.20. The molecular weight excluding hydrogens is 187 g/mol. The second-order valence-electron chi connectivity index (χ2n) is 3.01. The number of nitrogens with zero attached hydrogens (tertiary/aromatic N) is 1. The largest absolute Gasteiger partial charge is 0.480 e. The summed E-state index contributed by atoms with van der Waals surface area (Å²) in [5, 5.41) is 8.52. The van der Waals surface area contributed by atoms with E-state index >= 15 is 0 Å². The topological polar surface area (TPSA) is 40.5 Å². The number of halogens is 3. The maximum Gasteiger partial charge on any atom is 0.410 e. The maximum absolute atomic E-state index is 12.4. The molecule has 0 aromatic heterocycles. The summed E-state index contributed by atoms with van der Waals surface area (Å²) in [5.41, 5.74) is -2.73. The third kappa shape index (κ3) is 1.36. The smallest absolute Gasteiger partial charge is 0.410 e. The SMILES string of the molecule is CN1C=CC(C(=O)O)(C(F)(F)F)C1. The molecule has 1 unspecified atom stereocenters. The molecule has 0 fully saturated rings. The van der Waals surface area contributed by atoms with Gasteiger partial charge in [-0.25, -0.2) is 0 Å². The summed E-state index contributed by atoms with van der Waals surface area (Å²) < 4.78 is 37.1. The van der Waals surface area contributed by atoms with Crippen LogP contribution in [0.15, 0.2) is 12.3 Å². The Labute approximate surface area is 72.4 Å². The summed E-state index contributed by atoms with van der Waals surface area (Å²) >= 11 is 0. The van der Waals surface area contributed by atoms with Crippen molar-refractivity contribution in [3.8, 4) is 0 Å². The van der Waals surface area contributed by atoms with E-state index in [1.165, 1.54) is 11.9 Å². The number of alkyl halides is 3. The zero-order valence-electron chi connectivity index (χ0n) is 6.80. The minimum absolute atomic E-state index is 0.564. The summed E-state index contributed by atoms with van der Waals surface area (Å²) in [7, 11) is 1.40. The molecule has 0 aromatic carbocycles. The van der Waals surface area contributed by atoms with Crippen molar-refractivity contribution in [1.29, 1.82) is 0 Å². The Morgan fingerprint density at radius 3 is 2.31 bits per heavy atom. The number of carboxylic acid groups (broad SMARTS) is 1. The second-order valence-corrected chi connectivity index (χ2v) is 3.01. The molecule has 6 heteroatoms. The molecular formula is C7H8F3NO2. The van der Waals surface area contributed by atoms with Crippen molar-refractivity contribution in [1.82, 2.24) is 4.90 Å². The van der Waals surface area contributed by atoms with Crippen LogP contribution < -0.4 is 0 Å². The first-order chi connectivity index (χ1) is 5.79. The minimum Gasteiger partial charge on any atom is -0.480 e. The zero-order valence-corrected chi connectivity index (χ0v) is 6.80. The molecule has 0 bridgehead atoms. The van der Waals surface area contributed by atoms with Gasteiger partial charge < -0.3 is 10.0 Å². The molecule has 0 saturated heterocycles. The Balaban J connectivity index is 3.06. The Morgan fingerprint density at radius 2 is 2.15 bits per heavy atom. The fourth-order valence-electron chi connectivity index (χ4n) is 1.20. The van der Waals surface area contributed by atoms with Crippen molar-refractivity contribution in [3.63, 3.8) is 0 Å². The molecule has 1 heterocycles. The lowest BCUT2D eigenvalue weighted by atomic mass is 9.89. The summed E-state index contributed by atoms with van der Waals surface area (Å²) in [5.74, 6) is -1.86. The molecule has 3 nitrogen and oxygen atoms in total. The average Bonchev–Trinajstić information content (AvgIpc) is 2.30. The average molecular weight is 195 g/mol. The first-order valence-electron chi connectivity index (χ1n) is 3.49. The van der Waals surface area contributed by atoms with Gasteiger partial charge in [0.25, 0.3) is 0 Å². The first kappa shape index (κ1) is 9.88. The molecule has 0 radical (unpaired) electrons. The van der Waals surface area contributed by atoms with E-state index < -0.39 is 24.1 Å². The van der Waals surface area contributed by atoms with Crippen LogP contribution in [0.1, 0.15) is 0 Å². The maximum atomic E-state index is 12.4. The second kappa shape index (κ2) is 2.65. The van der Waals surface area contributed by atoms with Crippen molar-refractivity contribution in [2.75, 3.05) is 13.6 Å². The van der Waals surface area contributed by atoms with Crippen LogP contribution in [-0.4, -0.2) is 35.7 Å². The Morgan fingerprint density at radius 1 is 1.62 bits per heavy atom. The first-order valence-corrected chi connectivity index (χ1v) is 3.49. The molecule has 1 aliphatic heterocycles. The molecule has 1 aliphatic rings. The fraction of sp³-hybridized carbons (Fsp3) is 0.571. The van der Waals surface area contributed by atoms with E-state index in [1.54, 1.807) is 0 Å². The minimum atomic E-state index is -4.75. The molecule has 0 amide bonds.